The first-order valence-electron chi connectivity index (χ1n) is 8.94. The van der Waals surface area contributed by atoms with Gasteiger partial charge in [0.05, 0.1) is 5.02 Å². The van der Waals surface area contributed by atoms with E-state index in [1.165, 1.54) is 24.3 Å². The number of amides is 3. The number of carbonyl (C=O) groups excluding carboxylic acids is 2. The van der Waals surface area contributed by atoms with E-state index in [2.05, 4.69) is 5.32 Å². The summed E-state index contributed by atoms with van der Waals surface area (Å²) in [5.41, 5.74) is 3.56. The van der Waals surface area contributed by atoms with Gasteiger partial charge in [0.1, 0.15) is 24.6 Å². The van der Waals surface area contributed by atoms with Gasteiger partial charge >= 0.3 is 12.2 Å². The molecule has 0 saturated heterocycles. The second kappa shape index (κ2) is 11.3. The van der Waals surface area contributed by atoms with E-state index >= 15 is 0 Å². The molecule has 0 aliphatic heterocycles. The highest BCUT2D eigenvalue weighted by atomic mass is 35.5. The molecular weight excluding hydrogens is 503 g/mol. The fourth-order valence-electron chi connectivity index (χ4n) is 2.50. The molecule has 2 aromatic rings. The summed E-state index contributed by atoms with van der Waals surface area (Å²) in [4.78, 5) is 22.6. The Labute approximate surface area is 193 Å². The molecule has 0 aromatic heterocycles. The Morgan fingerprint density at radius 3 is 2.36 bits per heavy atom. The molecule has 0 bridgehead atoms. The standard InChI is InChI=1S/C19H15Cl2F6N3O3/c20-11-4-12(17(13(21)5-11)33-8-15(23)24)9-1-2-10(14(22)3-9)7-28-18(32)30-29-16(31)6-19(25,26)27/h1-5,15H,6-8H2,(H,29,31)(H2,28,30,32). The predicted octanol–water partition coefficient (Wildman–Crippen LogP) is 5.23. The Balaban J connectivity index is 2.07. The number of hydrogen-bond donors (Lipinski definition) is 3. The van der Waals surface area contributed by atoms with Crippen molar-refractivity contribution in [2.75, 3.05) is 6.61 Å². The lowest BCUT2D eigenvalue weighted by atomic mass is 10.0. The lowest BCUT2D eigenvalue weighted by molar-refractivity contribution is -0.154. The van der Waals surface area contributed by atoms with Crippen molar-refractivity contribution < 1.29 is 40.7 Å². The second-order valence-electron chi connectivity index (χ2n) is 6.42. The Morgan fingerprint density at radius 2 is 1.76 bits per heavy atom. The van der Waals surface area contributed by atoms with E-state index < -0.39 is 49.9 Å². The molecule has 14 heteroatoms. The van der Waals surface area contributed by atoms with Crippen LogP contribution in [-0.2, 0) is 11.3 Å². The maximum absolute atomic E-state index is 14.5. The molecular formula is C19H15Cl2F6N3O3. The summed E-state index contributed by atoms with van der Waals surface area (Å²) in [5, 5.41) is 2.23. The van der Waals surface area contributed by atoms with E-state index in [1.54, 1.807) is 10.9 Å². The first kappa shape index (κ1) is 26.4. The third-order valence-corrected chi connectivity index (χ3v) is 4.34. The highest BCUT2D eigenvalue weighted by molar-refractivity contribution is 6.36. The largest absolute Gasteiger partial charge is 0.485 e. The molecule has 0 aliphatic rings. The molecule has 3 N–H and O–H groups in total. The summed E-state index contributed by atoms with van der Waals surface area (Å²) in [6, 6.07) is 5.21. The van der Waals surface area contributed by atoms with Gasteiger partial charge in [-0.05, 0) is 23.8 Å². The Morgan fingerprint density at radius 1 is 1.06 bits per heavy atom. The number of hydrazine groups is 1. The van der Waals surface area contributed by atoms with Crippen LogP contribution in [0.1, 0.15) is 12.0 Å². The van der Waals surface area contributed by atoms with Crippen molar-refractivity contribution >= 4 is 35.1 Å². The van der Waals surface area contributed by atoms with Crippen molar-refractivity contribution in [2.45, 2.75) is 25.6 Å². The normalized spacial score (nSPS) is 11.3. The Hall–Kier alpha value is -2.86. The molecule has 0 atom stereocenters. The molecule has 3 amide bonds. The summed E-state index contributed by atoms with van der Waals surface area (Å²) in [5.74, 6) is -2.43. The molecule has 0 radical (unpaired) electrons. The van der Waals surface area contributed by atoms with Crippen molar-refractivity contribution in [1.82, 2.24) is 16.2 Å². The Bertz CT molecular complexity index is 1020. The van der Waals surface area contributed by atoms with Gasteiger partial charge in [-0.15, -0.1) is 0 Å². The summed E-state index contributed by atoms with van der Waals surface area (Å²) in [6.45, 7) is -1.34. The average molecular weight is 518 g/mol. The van der Waals surface area contributed by atoms with Crippen LogP contribution in [0.5, 0.6) is 5.75 Å². The molecule has 33 heavy (non-hydrogen) atoms. The molecule has 0 spiro atoms. The van der Waals surface area contributed by atoms with Crippen molar-refractivity contribution in [1.29, 1.82) is 0 Å². The van der Waals surface area contributed by atoms with E-state index in [-0.39, 0.29) is 32.5 Å². The maximum Gasteiger partial charge on any atom is 0.397 e. The van der Waals surface area contributed by atoms with Gasteiger partial charge in [-0.3, -0.25) is 10.2 Å². The van der Waals surface area contributed by atoms with Crippen molar-refractivity contribution in [3.8, 4) is 16.9 Å². The molecule has 6 nitrogen and oxygen atoms in total. The molecule has 180 valence electrons. The monoisotopic (exact) mass is 517 g/mol. The number of carbonyl (C=O) groups is 2. The van der Waals surface area contributed by atoms with E-state index in [0.29, 0.717) is 0 Å². The second-order valence-corrected chi connectivity index (χ2v) is 7.26. The number of halogens is 8. The third-order valence-electron chi connectivity index (χ3n) is 3.84. The van der Waals surface area contributed by atoms with E-state index in [4.69, 9.17) is 27.9 Å². The minimum Gasteiger partial charge on any atom is -0.485 e. The fraction of sp³-hybridized carbons (Fsp3) is 0.263. The van der Waals surface area contributed by atoms with Gasteiger partial charge in [0.15, 0.2) is 0 Å². The number of benzene rings is 2. The number of urea groups is 1. The molecule has 0 saturated carbocycles. The average Bonchev–Trinajstić information content (AvgIpc) is 2.68. The van der Waals surface area contributed by atoms with Crippen molar-refractivity contribution in [3.05, 3.63) is 51.8 Å². The van der Waals surface area contributed by atoms with Crippen LogP contribution in [0.15, 0.2) is 30.3 Å². The zero-order valence-corrected chi connectivity index (χ0v) is 17.8. The summed E-state index contributed by atoms with van der Waals surface area (Å²) in [6.07, 6.45) is -9.32. The van der Waals surface area contributed by atoms with Crippen LogP contribution < -0.4 is 20.9 Å². The smallest absolute Gasteiger partial charge is 0.397 e. The SMILES string of the molecule is O=C(CC(F)(F)F)NNC(=O)NCc1ccc(-c2cc(Cl)cc(Cl)c2OCC(F)F)cc1F. The van der Waals surface area contributed by atoms with E-state index in [9.17, 15) is 35.9 Å². The summed E-state index contributed by atoms with van der Waals surface area (Å²) < 4.78 is 80.8. The minimum atomic E-state index is -4.75. The van der Waals surface area contributed by atoms with Gasteiger partial charge in [-0.1, -0.05) is 35.3 Å². The van der Waals surface area contributed by atoms with Gasteiger partial charge < -0.3 is 10.1 Å². The Kier molecular flexibility index (Phi) is 9.06. The lowest BCUT2D eigenvalue weighted by Gasteiger charge is -2.15. The zero-order chi connectivity index (χ0) is 24.8. The number of hydrogen-bond acceptors (Lipinski definition) is 3. The van der Waals surface area contributed by atoms with Gasteiger partial charge in [0.2, 0.25) is 5.91 Å². The van der Waals surface area contributed by atoms with Gasteiger partial charge in [-0.2, -0.15) is 13.2 Å². The van der Waals surface area contributed by atoms with Crippen LogP contribution >= 0.6 is 23.2 Å². The van der Waals surface area contributed by atoms with Crippen LogP contribution in [0.25, 0.3) is 11.1 Å². The first-order valence-corrected chi connectivity index (χ1v) is 9.69. The molecule has 2 aromatic carbocycles. The molecule has 0 aliphatic carbocycles. The third kappa shape index (κ3) is 8.54. The van der Waals surface area contributed by atoms with Crippen LogP contribution in [0, 0.1) is 5.82 Å². The maximum atomic E-state index is 14.5. The molecule has 2 rings (SSSR count). The summed E-state index contributed by atoms with van der Waals surface area (Å²) in [7, 11) is 0. The van der Waals surface area contributed by atoms with Crippen LogP contribution in [0.4, 0.5) is 31.1 Å². The van der Waals surface area contributed by atoms with Crippen molar-refractivity contribution in [3.63, 3.8) is 0 Å². The number of ether oxygens (including phenoxy) is 1. The van der Waals surface area contributed by atoms with Gasteiger partial charge in [0.25, 0.3) is 6.43 Å². The van der Waals surface area contributed by atoms with Gasteiger partial charge in [0, 0.05) is 22.7 Å². The zero-order valence-electron chi connectivity index (χ0n) is 16.3. The van der Waals surface area contributed by atoms with Crippen LogP contribution in [0.2, 0.25) is 10.0 Å². The number of nitrogens with one attached hydrogen (secondary N) is 3. The first-order chi connectivity index (χ1) is 15.4. The number of alkyl halides is 5. The molecule has 0 fully saturated rings. The quantitative estimate of drug-likeness (QED) is 0.347. The van der Waals surface area contributed by atoms with Gasteiger partial charge in [-0.25, -0.2) is 23.4 Å². The van der Waals surface area contributed by atoms with Crippen molar-refractivity contribution in [2.24, 2.45) is 0 Å². The van der Waals surface area contributed by atoms with Crippen LogP contribution in [0.3, 0.4) is 0 Å². The highest BCUT2D eigenvalue weighted by Crippen LogP contribution is 2.39. The van der Waals surface area contributed by atoms with Crippen LogP contribution in [-0.4, -0.2) is 31.1 Å². The molecule has 0 heterocycles. The lowest BCUT2D eigenvalue weighted by Crippen LogP contribution is -2.47. The minimum absolute atomic E-state index is 0.0290. The van der Waals surface area contributed by atoms with E-state index in [1.807, 2.05) is 0 Å². The molecule has 0 unspecified atom stereocenters. The fourth-order valence-corrected chi connectivity index (χ4v) is 3.05. The summed E-state index contributed by atoms with van der Waals surface area (Å²) >= 11 is 12.0. The predicted molar refractivity (Wildman–Crippen MR) is 108 cm³/mol. The number of rotatable bonds is 7. The topological polar surface area (TPSA) is 79.5 Å². The van der Waals surface area contributed by atoms with E-state index in [0.717, 1.165) is 6.07 Å². The highest BCUT2D eigenvalue weighted by Gasteiger charge is 2.31.